The first kappa shape index (κ1) is 21.6. The minimum absolute atomic E-state index is 0.0432. The van der Waals surface area contributed by atoms with Crippen LogP contribution in [-0.4, -0.2) is 43.8 Å². The first-order valence-corrected chi connectivity index (χ1v) is 9.40. The van der Waals surface area contributed by atoms with Crippen LogP contribution in [-0.2, 0) is 18.6 Å². The Hall–Kier alpha value is -1.15. The van der Waals surface area contributed by atoms with Crippen LogP contribution in [0.4, 0.5) is 8.78 Å². The minimum atomic E-state index is -1.22. The van der Waals surface area contributed by atoms with Gasteiger partial charge in [-0.3, -0.25) is 0 Å². The molecule has 2 aliphatic heterocycles. The molecule has 0 atom stereocenters. The predicted molar refractivity (Wildman–Crippen MR) is 104 cm³/mol. The Labute approximate surface area is 166 Å². The largest absolute Gasteiger partial charge is 0.501 e. The van der Waals surface area contributed by atoms with E-state index in [1.54, 1.807) is 0 Å². The molecule has 28 heavy (non-hydrogen) atoms. The fourth-order valence-corrected chi connectivity index (χ4v) is 3.11. The van der Waals surface area contributed by atoms with E-state index >= 15 is 8.78 Å². The molecule has 1 aromatic carbocycles. The van der Waals surface area contributed by atoms with E-state index in [1.165, 1.54) is 13.2 Å². The summed E-state index contributed by atoms with van der Waals surface area (Å²) in [5.41, 5.74) is -3.13. The molecule has 2 fully saturated rings. The highest BCUT2D eigenvalue weighted by molar-refractivity contribution is 6.66. The molecule has 0 spiro atoms. The molecule has 1 aromatic rings. The third-order valence-corrected chi connectivity index (χ3v) is 6.45. The Morgan fingerprint density at radius 3 is 1.50 bits per heavy atom. The highest BCUT2D eigenvalue weighted by Crippen LogP contribution is 2.39. The number of rotatable bonds is 3. The monoisotopic (exact) mass is 396 g/mol. The summed E-state index contributed by atoms with van der Waals surface area (Å²) in [4.78, 5) is 0. The van der Waals surface area contributed by atoms with Crippen LogP contribution in [0, 0.1) is 11.6 Å². The Morgan fingerprint density at radius 2 is 1.11 bits per heavy atom. The third kappa shape index (κ3) is 3.16. The topological polar surface area (TPSA) is 46.2 Å². The summed E-state index contributed by atoms with van der Waals surface area (Å²) in [5.74, 6) is -1.81. The van der Waals surface area contributed by atoms with E-state index in [-0.39, 0.29) is 16.7 Å². The average molecular weight is 396 g/mol. The van der Waals surface area contributed by atoms with Gasteiger partial charge in [-0.25, -0.2) is 8.78 Å². The molecule has 0 aromatic heterocycles. The summed E-state index contributed by atoms with van der Waals surface area (Å²) in [7, 11) is -0.916. The van der Waals surface area contributed by atoms with E-state index < -0.39 is 48.3 Å². The first-order chi connectivity index (χ1) is 12.6. The van der Waals surface area contributed by atoms with Gasteiger partial charge in [-0.15, -0.1) is 0 Å². The van der Waals surface area contributed by atoms with Gasteiger partial charge in [0, 0.05) is 5.46 Å². The van der Waals surface area contributed by atoms with Crippen molar-refractivity contribution in [2.24, 2.45) is 0 Å². The molecule has 0 radical (unpaired) electrons. The highest BCUT2D eigenvalue weighted by atomic mass is 19.1. The molecule has 5 nitrogen and oxygen atoms in total. The maximum atomic E-state index is 15.5. The molecular formula is C19H28B2F2O5. The number of hydrogen-bond donors (Lipinski definition) is 0. The van der Waals surface area contributed by atoms with E-state index in [9.17, 15) is 0 Å². The second kappa shape index (κ2) is 6.42. The zero-order valence-corrected chi connectivity index (χ0v) is 18.0. The molecule has 2 saturated heterocycles. The SMILES string of the molecule is COc1cc(B2OC(C)(C)C(C)(C)O2)c(F)c(B2OC(C)(C)C(C)(C)O2)c1F. The quantitative estimate of drug-likeness (QED) is 0.736. The van der Waals surface area contributed by atoms with Crippen LogP contribution in [0.3, 0.4) is 0 Å². The molecule has 2 aliphatic rings. The van der Waals surface area contributed by atoms with E-state index in [2.05, 4.69) is 0 Å². The average Bonchev–Trinajstić information content (AvgIpc) is 2.87. The number of methoxy groups -OCH3 is 1. The number of halogens is 2. The van der Waals surface area contributed by atoms with Crippen LogP contribution >= 0.6 is 0 Å². The zero-order chi connectivity index (χ0) is 21.3. The van der Waals surface area contributed by atoms with E-state index in [4.69, 9.17) is 23.4 Å². The summed E-state index contributed by atoms with van der Waals surface area (Å²) in [6, 6.07) is 1.27. The normalized spacial score (nSPS) is 24.7. The van der Waals surface area contributed by atoms with Crippen molar-refractivity contribution in [3.63, 3.8) is 0 Å². The van der Waals surface area contributed by atoms with Gasteiger partial charge in [-0.2, -0.15) is 0 Å². The predicted octanol–water partition coefficient (Wildman–Crippen LogP) is 2.57. The van der Waals surface area contributed by atoms with Gasteiger partial charge in [0.1, 0.15) is 5.82 Å². The summed E-state index contributed by atoms with van der Waals surface area (Å²) >= 11 is 0. The van der Waals surface area contributed by atoms with Crippen molar-refractivity contribution in [1.82, 2.24) is 0 Å². The molecule has 2 heterocycles. The van der Waals surface area contributed by atoms with Crippen LogP contribution in [0.15, 0.2) is 6.07 Å². The molecule has 0 amide bonds. The number of ether oxygens (including phenoxy) is 1. The van der Waals surface area contributed by atoms with Crippen LogP contribution in [0.2, 0.25) is 0 Å². The fraction of sp³-hybridized carbons (Fsp3) is 0.684. The standard InChI is InChI=1S/C19H28B2F2O5/c1-16(2)17(3,4)26-20(25-16)11-10-12(24-9)15(23)13(14(11)22)21-27-18(5,6)19(7,8)28-21/h10H,1-9H3. The Kier molecular flexibility index (Phi) is 4.95. The van der Waals surface area contributed by atoms with Crippen molar-refractivity contribution in [1.29, 1.82) is 0 Å². The lowest BCUT2D eigenvalue weighted by Crippen LogP contribution is -2.47. The Balaban J connectivity index is 2.10. The van der Waals surface area contributed by atoms with Gasteiger partial charge in [0.15, 0.2) is 11.6 Å². The van der Waals surface area contributed by atoms with Crippen molar-refractivity contribution in [2.75, 3.05) is 7.11 Å². The second-order valence-electron chi connectivity index (χ2n) is 9.39. The number of hydrogen-bond acceptors (Lipinski definition) is 5. The lowest BCUT2D eigenvalue weighted by molar-refractivity contribution is 0.00578. The van der Waals surface area contributed by atoms with Crippen molar-refractivity contribution >= 4 is 25.2 Å². The van der Waals surface area contributed by atoms with Gasteiger partial charge < -0.3 is 23.4 Å². The Morgan fingerprint density at radius 1 is 0.714 bits per heavy atom. The summed E-state index contributed by atoms with van der Waals surface area (Å²) in [5, 5.41) is 0. The van der Waals surface area contributed by atoms with Crippen LogP contribution in [0.5, 0.6) is 5.75 Å². The van der Waals surface area contributed by atoms with Crippen molar-refractivity contribution in [3.8, 4) is 5.75 Å². The number of benzene rings is 1. The van der Waals surface area contributed by atoms with E-state index in [1.807, 2.05) is 55.4 Å². The van der Waals surface area contributed by atoms with Gasteiger partial charge in [0.05, 0.1) is 35.0 Å². The third-order valence-electron chi connectivity index (χ3n) is 6.45. The van der Waals surface area contributed by atoms with Crippen molar-refractivity contribution in [3.05, 3.63) is 17.7 Å². The van der Waals surface area contributed by atoms with Gasteiger partial charge >= 0.3 is 14.2 Å². The van der Waals surface area contributed by atoms with Crippen LogP contribution in [0.25, 0.3) is 0 Å². The molecule has 0 N–H and O–H groups in total. The maximum Gasteiger partial charge on any atom is 0.501 e. The molecule has 0 unspecified atom stereocenters. The molecular weight excluding hydrogens is 368 g/mol. The van der Waals surface area contributed by atoms with Gasteiger partial charge in [-0.05, 0) is 61.5 Å². The summed E-state index contributed by atoms with van der Waals surface area (Å²) in [6.07, 6.45) is 0. The minimum Gasteiger partial charge on any atom is -0.494 e. The highest BCUT2D eigenvalue weighted by Gasteiger charge is 2.56. The molecule has 0 bridgehead atoms. The van der Waals surface area contributed by atoms with E-state index in [0.717, 1.165) is 0 Å². The second-order valence-corrected chi connectivity index (χ2v) is 9.39. The van der Waals surface area contributed by atoms with Gasteiger partial charge in [0.2, 0.25) is 0 Å². The Bertz CT molecular complexity index is 763. The summed E-state index contributed by atoms with van der Waals surface area (Å²) < 4.78 is 59.4. The van der Waals surface area contributed by atoms with Crippen molar-refractivity contribution < 1.29 is 32.1 Å². The first-order valence-electron chi connectivity index (χ1n) is 9.40. The maximum absolute atomic E-state index is 15.5. The van der Waals surface area contributed by atoms with Crippen molar-refractivity contribution in [2.45, 2.75) is 77.8 Å². The molecule has 3 rings (SSSR count). The van der Waals surface area contributed by atoms with Crippen LogP contribution < -0.4 is 15.7 Å². The van der Waals surface area contributed by atoms with Crippen LogP contribution in [0.1, 0.15) is 55.4 Å². The lowest BCUT2D eigenvalue weighted by atomic mass is 9.70. The smallest absolute Gasteiger partial charge is 0.494 e. The van der Waals surface area contributed by atoms with E-state index in [0.29, 0.717) is 0 Å². The lowest BCUT2D eigenvalue weighted by Gasteiger charge is -2.32. The fourth-order valence-electron chi connectivity index (χ4n) is 3.11. The van der Waals surface area contributed by atoms with Gasteiger partial charge in [-0.1, -0.05) is 0 Å². The molecule has 9 heteroatoms. The molecule has 0 saturated carbocycles. The zero-order valence-electron chi connectivity index (χ0n) is 18.0. The molecule has 154 valence electrons. The molecule has 0 aliphatic carbocycles. The summed E-state index contributed by atoms with van der Waals surface area (Å²) in [6.45, 7) is 14.7. The van der Waals surface area contributed by atoms with Gasteiger partial charge in [0.25, 0.3) is 0 Å².